The first-order valence-corrected chi connectivity index (χ1v) is 7.71. The van der Waals surface area contributed by atoms with E-state index in [9.17, 15) is 9.59 Å². The number of hydrogen-bond acceptors (Lipinski definition) is 3. The maximum absolute atomic E-state index is 12.5. The summed E-state index contributed by atoms with van der Waals surface area (Å²) in [7, 11) is 1.79. The van der Waals surface area contributed by atoms with Gasteiger partial charge in [0.2, 0.25) is 5.91 Å². The van der Waals surface area contributed by atoms with E-state index in [1.807, 2.05) is 34.6 Å². The zero-order valence-corrected chi connectivity index (χ0v) is 13.2. The molecule has 1 N–H and O–H groups in total. The quantitative estimate of drug-likeness (QED) is 0.873. The third-order valence-corrected chi connectivity index (χ3v) is 5.05. The molecule has 3 amide bonds. The van der Waals surface area contributed by atoms with Crippen molar-refractivity contribution in [3.8, 4) is 0 Å². The number of amides is 3. The summed E-state index contributed by atoms with van der Waals surface area (Å²) in [6.45, 7) is 3.81. The number of urea groups is 1. The third kappa shape index (κ3) is 1.99. The summed E-state index contributed by atoms with van der Waals surface area (Å²) in [5, 5.41) is 2.83. The molecule has 0 atom stereocenters. The van der Waals surface area contributed by atoms with E-state index in [0.29, 0.717) is 26.1 Å². The molecule has 7 heteroatoms. The van der Waals surface area contributed by atoms with Gasteiger partial charge in [0.15, 0.2) is 0 Å². The third-order valence-electron chi connectivity index (χ3n) is 5.05. The Labute approximate surface area is 133 Å². The lowest BCUT2D eigenvalue weighted by atomic mass is 9.89. The van der Waals surface area contributed by atoms with Crippen LogP contribution in [0.25, 0.3) is 5.65 Å². The van der Waals surface area contributed by atoms with Gasteiger partial charge in [0.25, 0.3) is 0 Å². The molecule has 0 saturated carbocycles. The SMILES string of the molecule is Cc1cccn2c(CC(=O)N3CC4(CNC(=O)N4C)C3)cnc12. The lowest BCUT2D eigenvalue weighted by Crippen LogP contribution is -2.70. The summed E-state index contributed by atoms with van der Waals surface area (Å²) in [5.74, 6) is 0.0756. The highest BCUT2D eigenvalue weighted by molar-refractivity contribution is 5.82. The molecule has 4 rings (SSSR count). The van der Waals surface area contributed by atoms with Crippen LogP contribution >= 0.6 is 0 Å². The van der Waals surface area contributed by atoms with Crippen LogP contribution in [0, 0.1) is 6.92 Å². The minimum atomic E-state index is -0.219. The number of imidazole rings is 1. The highest BCUT2D eigenvalue weighted by Gasteiger charge is 2.53. The first-order valence-electron chi connectivity index (χ1n) is 7.71. The predicted molar refractivity (Wildman–Crippen MR) is 84.1 cm³/mol. The van der Waals surface area contributed by atoms with Gasteiger partial charge in [-0.15, -0.1) is 0 Å². The molecule has 120 valence electrons. The number of likely N-dealkylation sites (tertiary alicyclic amines) is 1. The van der Waals surface area contributed by atoms with E-state index in [4.69, 9.17) is 0 Å². The average Bonchev–Trinajstić information content (AvgIpc) is 3.02. The molecular weight excluding hydrogens is 294 g/mol. The lowest BCUT2D eigenvalue weighted by molar-refractivity contribution is -0.141. The number of carbonyl (C=O) groups is 2. The number of carbonyl (C=O) groups excluding carboxylic acids is 2. The Morgan fingerprint density at radius 1 is 1.43 bits per heavy atom. The smallest absolute Gasteiger partial charge is 0.317 e. The van der Waals surface area contributed by atoms with E-state index in [0.717, 1.165) is 16.9 Å². The van der Waals surface area contributed by atoms with Gasteiger partial charge in [-0.1, -0.05) is 6.07 Å². The normalized spacial score (nSPS) is 19.3. The highest BCUT2D eigenvalue weighted by atomic mass is 16.2. The van der Waals surface area contributed by atoms with Gasteiger partial charge in [0.05, 0.1) is 17.7 Å². The minimum absolute atomic E-state index is 0.0608. The van der Waals surface area contributed by atoms with E-state index in [1.165, 1.54) is 0 Å². The van der Waals surface area contributed by atoms with Crippen LogP contribution in [0.4, 0.5) is 4.79 Å². The zero-order chi connectivity index (χ0) is 16.2. The summed E-state index contributed by atoms with van der Waals surface area (Å²) in [4.78, 5) is 32.0. The summed E-state index contributed by atoms with van der Waals surface area (Å²) in [6, 6.07) is 3.91. The Morgan fingerprint density at radius 3 is 2.91 bits per heavy atom. The van der Waals surface area contributed by atoms with E-state index in [1.54, 1.807) is 18.1 Å². The summed E-state index contributed by atoms with van der Waals surface area (Å²) in [6.07, 6.45) is 4.03. The monoisotopic (exact) mass is 313 g/mol. The van der Waals surface area contributed by atoms with Gasteiger partial charge < -0.3 is 19.5 Å². The van der Waals surface area contributed by atoms with Crippen LogP contribution in [0.3, 0.4) is 0 Å². The largest absolute Gasteiger partial charge is 0.337 e. The van der Waals surface area contributed by atoms with Gasteiger partial charge in [0.1, 0.15) is 5.65 Å². The molecule has 2 aliphatic heterocycles. The number of hydrogen-bond donors (Lipinski definition) is 1. The zero-order valence-electron chi connectivity index (χ0n) is 13.2. The molecule has 4 heterocycles. The topological polar surface area (TPSA) is 70.0 Å². The van der Waals surface area contributed by atoms with Crippen molar-refractivity contribution in [1.29, 1.82) is 0 Å². The number of rotatable bonds is 2. The molecule has 2 aromatic rings. The van der Waals surface area contributed by atoms with Crippen molar-refractivity contribution in [2.24, 2.45) is 0 Å². The number of fused-ring (bicyclic) bond motifs is 1. The second-order valence-electron chi connectivity index (χ2n) is 6.50. The fourth-order valence-corrected chi connectivity index (χ4v) is 3.46. The molecule has 23 heavy (non-hydrogen) atoms. The van der Waals surface area contributed by atoms with Gasteiger partial charge in [-0.05, 0) is 18.6 Å². The summed E-state index contributed by atoms with van der Waals surface area (Å²) < 4.78 is 1.97. The highest BCUT2D eigenvalue weighted by Crippen LogP contribution is 2.30. The van der Waals surface area contributed by atoms with Gasteiger partial charge in [-0.25, -0.2) is 9.78 Å². The molecule has 0 radical (unpaired) electrons. The number of nitrogens with zero attached hydrogens (tertiary/aromatic N) is 4. The first kappa shape index (κ1) is 14.0. The van der Waals surface area contributed by atoms with Crippen LogP contribution in [0.1, 0.15) is 11.3 Å². The van der Waals surface area contributed by atoms with Crippen molar-refractivity contribution in [3.05, 3.63) is 35.8 Å². The van der Waals surface area contributed by atoms with Gasteiger partial charge >= 0.3 is 6.03 Å². The van der Waals surface area contributed by atoms with E-state index < -0.39 is 0 Å². The minimum Gasteiger partial charge on any atom is -0.337 e. The molecule has 7 nitrogen and oxygen atoms in total. The maximum Gasteiger partial charge on any atom is 0.317 e. The fourth-order valence-electron chi connectivity index (χ4n) is 3.46. The van der Waals surface area contributed by atoms with Crippen molar-refractivity contribution in [2.75, 3.05) is 26.7 Å². The van der Waals surface area contributed by atoms with Gasteiger partial charge in [0, 0.05) is 39.1 Å². The molecule has 2 saturated heterocycles. The second kappa shape index (κ2) is 4.71. The van der Waals surface area contributed by atoms with E-state index in [-0.39, 0.29) is 17.5 Å². The van der Waals surface area contributed by atoms with Gasteiger partial charge in [-0.2, -0.15) is 0 Å². The summed E-state index contributed by atoms with van der Waals surface area (Å²) in [5.41, 5.74) is 2.65. The fraction of sp³-hybridized carbons (Fsp3) is 0.438. The average molecular weight is 313 g/mol. The van der Waals surface area contributed by atoms with Crippen molar-refractivity contribution >= 4 is 17.6 Å². The molecule has 2 aliphatic rings. The number of nitrogens with one attached hydrogen (secondary N) is 1. The molecule has 0 unspecified atom stereocenters. The van der Waals surface area contributed by atoms with Crippen molar-refractivity contribution in [1.82, 2.24) is 24.5 Å². The number of likely N-dealkylation sites (N-methyl/N-ethyl adjacent to an activating group) is 1. The molecular formula is C16H19N5O2. The van der Waals surface area contributed by atoms with Crippen LogP contribution < -0.4 is 5.32 Å². The Hall–Kier alpha value is -2.57. The Kier molecular flexibility index (Phi) is 2.88. The van der Waals surface area contributed by atoms with E-state index >= 15 is 0 Å². The molecule has 2 aromatic heterocycles. The molecule has 0 aromatic carbocycles. The Bertz CT molecular complexity index is 806. The van der Waals surface area contributed by atoms with Crippen LogP contribution in [0.5, 0.6) is 0 Å². The number of aromatic nitrogens is 2. The predicted octanol–water partition coefficient (Wildman–Crippen LogP) is 0.421. The van der Waals surface area contributed by atoms with E-state index in [2.05, 4.69) is 10.3 Å². The number of pyridine rings is 1. The maximum atomic E-state index is 12.5. The standard InChI is InChI=1S/C16H19N5O2/c1-11-4-3-5-21-12(7-17-14(11)21)6-13(22)20-9-16(10-20)8-18-15(23)19(16)2/h3-5,7H,6,8-10H2,1-2H3,(H,18,23). The van der Waals surface area contributed by atoms with Crippen LogP contribution in [0.15, 0.2) is 24.5 Å². The second-order valence-corrected chi connectivity index (χ2v) is 6.50. The molecule has 0 bridgehead atoms. The Balaban J connectivity index is 1.47. The Morgan fingerprint density at radius 2 is 2.22 bits per heavy atom. The van der Waals surface area contributed by atoms with Crippen molar-refractivity contribution in [2.45, 2.75) is 18.9 Å². The van der Waals surface area contributed by atoms with Crippen LogP contribution in [-0.2, 0) is 11.2 Å². The van der Waals surface area contributed by atoms with Crippen molar-refractivity contribution in [3.63, 3.8) is 0 Å². The summed E-state index contributed by atoms with van der Waals surface area (Å²) >= 11 is 0. The molecule has 0 aliphatic carbocycles. The molecule has 1 spiro atoms. The van der Waals surface area contributed by atoms with Gasteiger partial charge in [-0.3, -0.25) is 4.79 Å². The number of aryl methyl sites for hydroxylation is 1. The molecule has 2 fully saturated rings. The van der Waals surface area contributed by atoms with Crippen LogP contribution in [0.2, 0.25) is 0 Å². The van der Waals surface area contributed by atoms with Crippen molar-refractivity contribution < 1.29 is 9.59 Å². The van der Waals surface area contributed by atoms with Crippen LogP contribution in [-0.4, -0.2) is 63.3 Å². The lowest BCUT2D eigenvalue weighted by Gasteiger charge is -2.50. The first-order chi connectivity index (χ1) is 11.0.